The Kier molecular flexibility index (Phi) is 4.84. The lowest BCUT2D eigenvalue weighted by Crippen LogP contribution is -2.03. The Morgan fingerprint density at radius 2 is 2.16 bits per heavy atom. The third-order valence-electron chi connectivity index (χ3n) is 2.43. The fourth-order valence-electron chi connectivity index (χ4n) is 1.55. The number of ether oxygens (including phenoxy) is 1. The van der Waals surface area contributed by atoms with Crippen molar-refractivity contribution in [2.45, 2.75) is 13.3 Å². The average molecular weight is 369 g/mol. The van der Waals surface area contributed by atoms with E-state index in [9.17, 15) is 0 Å². The van der Waals surface area contributed by atoms with Crippen molar-refractivity contribution in [1.29, 1.82) is 0 Å². The second-order valence-electron chi connectivity index (χ2n) is 4.07. The smallest absolute Gasteiger partial charge is 0.239 e. The second-order valence-corrected chi connectivity index (χ2v) is 5.32. The molecule has 1 aromatic carbocycles. The topological polar surface area (TPSA) is 60.2 Å². The van der Waals surface area contributed by atoms with Crippen LogP contribution in [0.4, 0.5) is 17.2 Å². The minimum atomic E-state index is 0.484. The number of halogens is 1. The second kappa shape index (κ2) is 6.60. The predicted octanol–water partition coefficient (Wildman–Crippen LogP) is 3.80. The maximum absolute atomic E-state index is 5.83. The van der Waals surface area contributed by atoms with Crippen molar-refractivity contribution < 1.29 is 4.74 Å². The number of benzene rings is 1. The van der Waals surface area contributed by atoms with Gasteiger partial charge in [-0.1, -0.05) is 13.0 Å². The molecule has 0 bridgehead atoms. The van der Waals surface area contributed by atoms with Crippen LogP contribution in [-0.4, -0.2) is 11.6 Å². The third-order valence-corrected chi connectivity index (χ3v) is 3.10. The molecule has 1 aromatic heterocycles. The van der Waals surface area contributed by atoms with E-state index in [4.69, 9.17) is 10.5 Å². The Bertz CT molecular complexity index is 560. The highest BCUT2D eigenvalue weighted by Gasteiger charge is 2.04. The number of nitrogens with two attached hydrogens (primary N) is 1. The van der Waals surface area contributed by atoms with Gasteiger partial charge in [0.2, 0.25) is 5.88 Å². The van der Waals surface area contributed by atoms with Crippen LogP contribution in [0, 0.1) is 3.57 Å². The molecule has 100 valence electrons. The minimum absolute atomic E-state index is 0.484. The largest absolute Gasteiger partial charge is 0.476 e. The highest BCUT2D eigenvalue weighted by molar-refractivity contribution is 14.1. The first-order chi connectivity index (χ1) is 9.19. The maximum Gasteiger partial charge on any atom is 0.239 e. The number of rotatable bonds is 5. The first kappa shape index (κ1) is 13.9. The molecule has 0 amide bonds. The zero-order chi connectivity index (χ0) is 13.7. The number of nitrogen functional groups attached to an aromatic ring is 1. The van der Waals surface area contributed by atoms with Gasteiger partial charge in [-0.2, -0.15) is 4.98 Å². The van der Waals surface area contributed by atoms with Crippen LogP contribution in [0.3, 0.4) is 0 Å². The summed E-state index contributed by atoms with van der Waals surface area (Å²) in [4.78, 5) is 4.37. The molecule has 2 aromatic rings. The number of hydrogen-bond acceptors (Lipinski definition) is 4. The summed E-state index contributed by atoms with van der Waals surface area (Å²) in [7, 11) is 0. The van der Waals surface area contributed by atoms with Gasteiger partial charge >= 0.3 is 0 Å². The first-order valence-corrected chi connectivity index (χ1v) is 7.19. The molecule has 0 spiro atoms. The summed E-state index contributed by atoms with van der Waals surface area (Å²) >= 11 is 2.27. The minimum Gasteiger partial charge on any atom is -0.476 e. The molecule has 1 heterocycles. The summed E-state index contributed by atoms with van der Waals surface area (Å²) in [5.41, 5.74) is 7.38. The first-order valence-electron chi connectivity index (χ1n) is 6.11. The lowest BCUT2D eigenvalue weighted by molar-refractivity contribution is 0.307. The van der Waals surface area contributed by atoms with Gasteiger partial charge in [-0.05, 0) is 59.3 Å². The number of nitrogens with one attached hydrogen (secondary N) is 1. The molecular weight excluding hydrogens is 353 g/mol. The van der Waals surface area contributed by atoms with Gasteiger partial charge in [0.15, 0.2) is 0 Å². The van der Waals surface area contributed by atoms with E-state index in [2.05, 4.69) is 32.9 Å². The van der Waals surface area contributed by atoms with Crippen LogP contribution < -0.4 is 15.8 Å². The summed E-state index contributed by atoms with van der Waals surface area (Å²) in [5, 5.41) is 3.24. The Morgan fingerprint density at radius 3 is 2.89 bits per heavy atom. The molecule has 19 heavy (non-hydrogen) atoms. The van der Waals surface area contributed by atoms with Crippen molar-refractivity contribution in [2.75, 3.05) is 17.7 Å². The summed E-state index contributed by atoms with van der Waals surface area (Å²) in [6.07, 6.45) is 0.926. The molecule has 4 nitrogen and oxygen atoms in total. The van der Waals surface area contributed by atoms with Gasteiger partial charge in [0.1, 0.15) is 5.82 Å². The predicted molar refractivity (Wildman–Crippen MR) is 86.9 cm³/mol. The molecule has 0 saturated heterocycles. The Labute approximate surface area is 126 Å². The van der Waals surface area contributed by atoms with Crippen molar-refractivity contribution in [1.82, 2.24) is 4.98 Å². The van der Waals surface area contributed by atoms with E-state index in [0.29, 0.717) is 18.2 Å². The summed E-state index contributed by atoms with van der Waals surface area (Å²) in [5.74, 6) is 1.21. The van der Waals surface area contributed by atoms with E-state index in [1.165, 1.54) is 3.57 Å². The van der Waals surface area contributed by atoms with E-state index in [0.717, 1.165) is 17.9 Å². The highest BCUT2D eigenvalue weighted by atomic mass is 127. The van der Waals surface area contributed by atoms with Crippen LogP contribution in [0.25, 0.3) is 0 Å². The van der Waals surface area contributed by atoms with Crippen LogP contribution in [0.2, 0.25) is 0 Å². The molecule has 0 aliphatic heterocycles. The van der Waals surface area contributed by atoms with Gasteiger partial charge in [-0.3, -0.25) is 0 Å². The van der Waals surface area contributed by atoms with Crippen LogP contribution in [-0.2, 0) is 0 Å². The molecule has 0 atom stereocenters. The Morgan fingerprint density at radius 1 is 1.32 bits per heavy atom. The van der Waals surface area contributed by atoms with E-state index in [1.807, 2.05) is 37.3 Å². The fraction of sp³-hybridized carbons (Fsp3) is 0.214. The van der Waals surface area contributed by atoms with Crippen molar-refractivity contribution >= 4 is 39.8 Å². The van der Waals surface area contributed by atoms with Gasteiger partial charge in [-0.15, -0.1) is 0 Å². The van der Waals surface area contributed by atoms with Gasteiger partial charge < -0.3 is 15.8 Å². The fourth-order valence-corrected chi connectivity index (χ4v) is 2.09. The number of nitrogens with zero attached hydrogens (tertiary/aromatic N) is 1. The molecule has 2 rings (SSSR count). The number of pyridine rings is 1. The van der Waals surface area contributed by atoms with Crippen molar-refractivity contribution in [3.05, 3.63) is 40.0 Å². The molecule has 3 N–H and O–H groups in total. The Balaban J connectivity index is 2.16. The lowest BCUT2D eigenvalue weighted by Gasteiger charge is -2.10. The third kappa shape index (κ3) is 3.99. The zero-order valence-corrected chi connectivity index (χ0v) is 12.8. The molecule has 0 radical (unpaired) electrons. The molecule has 5 heteroatoms. The van der Waals surface area contributed by atoms with E-state index in [-0.39, 0.29) is 0 Å². The Hall–Kier alpha value is -1.50. The van der Waals surface area contributed by atoms with Gasteiger partial charge in [0.05, 0.1) is 12.3 Å². The molecule has 0 aliphatic rings. The van der Waals surface area contributed by atoms with E-state index in [1.54, 1.807) is 6.07 Å². The summed E-state index contributed by atoms with van der Waals surface area (Å²) in [6.45, 7) is 2.66. The standard InChI is InChI=1S/C14H16IN3O/c1-2-8-19-14-12(16)6-7-13(18-14)17-11-5-3-4-10(15)9-11/h3-7,9H,2,8,16H2,1H3,(H,17,18). The van der Waals surface area contributed by atoms with E-state index >= 15 is 0 Å². The lowest BCUT2D eigenvalue weighted by atomic mass is 10.3. The molecule has 0 fully saturated rings. The van der Waals surface area contributed by atoms with Crippen LogP contribution in [0.1, 0.15) is 13.3 Å². The number of hydrogen-bond donors (Lipinski definition) is 2. The van der Waals surface area contributed by atoms with Gasteiger partial charge in [0, 0.05) is 9.26 Å². The quantitative estimate of drug-likeness (QED) is 0.788. The van der Waals surface area contributed by atoms with Crippen LogP contribution in [0.5, 0.6) is 5.88 Å². The number of anilines is 3. The number of aromatic nitrogens is 1. The molecular formula is C14H16IN3O. The van der Waals surface area contributed by atoms with Crippen molar-refractivity contribution in [2.24, 2.45) is 0 Å². The normalized spacial score (nSPS) is 10.2. The summed E-state index contributed by atoms with van der Waals surface area (Å²) < 4.78 is 6.68. The maximum atomic E-state index is 5.83. The van der Waals surface area contributed by atoms with Gasteiger partial charge in [0.25, 0.3) is 0 Å². The highest BCUT2D eigenvalue weighted by Crippen LogP contribution is 2.23. The SMILES string of the molecule is CCCOc1nc(Nc2cccc(I)c2)ccc1N. The molecule has 0 saturated carbocycles. The van der Waals surface area contributed by atoms with Crippen molar-refractivity contribution in [3.8, 4) is 5.88 Å². The molecule has 0 unspecified atom stereocenters. The van der Waals surface area contributed by atoms with Crippen LogP contribution in [0.15, 0.2) is 36.4 Å². The van der Waals surface area contributed by atoms with Gasteiger partial charge in [-0.25, -0.2) is 0 Å². The monoisotopic (exact) mass is 369 g/mol. The average Bonchev–Trinajstić information content (AvgIpc) is 2.39. The molecule has 0 aliphatic carbocycles. The van der Waals surface area contributed by atoms with Crippen LogP contribution >= 0.6 is 22.6 Å². The van der Waals surface area contributed by atoms with E-state index < -0.39 is 0 Å². The summed E-state index contributed by atoms with van der Waals surface area (Å²) in [6, 6.07) is 11.7. The zero-order valence-electron chi connectivity index (χ0n) is 10.7. The van der Waals surface area contributed by atoms with Crippen molar-refractivity contribution in [3.63, 3.8) is 0 Å².